The molecule has 4 aromatic rings. The molecule has 156 valence electrons. The summed E-state index contributed by atoms with van der Waals surface area (Å²) in [5.41, 5.74) is 6.51. The van der Waals surface area contributed by atoms with Crippen molar-refractivity contribution in [1.29, 1.82) is 0 Å². The molecule has 0 saturated carbocycles. The second-order valence-electron chi connectivity index (χ2n) is 6.74. The Bertz CT molecular complexity index is 1240. The van der Waals surface area contributed by atoms with Crippen LogP contribution in [0.25, 0.3) is 27.9 Å². The number of aromatic nitrogens is 3. The summed E-state index contributed by atoms with van der Waals surface area (Å²) in [5.74, 6) is -0.245. The van der Waals surface area contributed by atoms with Crippen LogP contribution in [-0.2, 0) is 6.18 Å². The third kappa shape index (κ3) is 3.45. The first-order chi connectivity index (χ1) is 14.3. The number of hydrogen-bond acceptors (Lipinski definition) is 6. The molecule has 2 aromatic heterocycles. The number of halogens is 3. The fraction of sp³-hybridized carbons (Fsp3) is 0.200. The Labute approximate surface area is 168 Å². The van der Waals surface area contributed by atoms with Crippen LogP contribution in [0, 0.1) is 0 Å². The summed E-state index contributed by atoms with van der Waals surface area (Å²) < 4.78 is 41.5. The Balaban J connectivity index is 2.01. The van der Waals surface area contributed by atoms with Gasteiger partial charge in [-0.25, -0.2) is 9.97 Å². The number of phenolic OH excluding ortho intramolecular Hbond substituents is 2. The van der Waals surface area contributed by atoms with Crippen molar-refractivity contribution in [2.24, 2.45) is 5.73 Å². The van der Waals surface area contributed by atoms with Gasteiger partial charge in [-0.15, -0.1) is 0 Å². The van der Waals surface area contributed by atoms with Gasteiger partial charge in [0.15, 0.2) is 23.0 Å². The van der Waals surface area contributed by atoms with Crippen LogP contribution in [0.3, 0.4) is 0 Å². The Morgan fingerprint density at radius 1 is 1.07 bits per heavy atom. The lowest BCUT2D eigenvalue weighted by Gasteiger charge is -2.13. The second kappa shape index (κ2) is 7.38. The molecule has 0 amide bonds. The van der Waals surface area contributed by atoms with Gasteiger partial charge in [0.2, 0.25) is 0 Å². The molecule has 2 aromatic carbocycles. The first-order valence-corrected chi connectivity index (χ1v) is 9.14. The van der Waals surface area contributed by atoms with Crippen molar-refractivity contribution in [3.8, 4) is 22.8 Å². The van der Waals surface area contributed by atoms with Crippen molar-refractivity contribution in [2.75, 3.05) is 18.4 Å². The molecule has 0 bridgehead atoms. The Morgan fingerprint density at radius 2 is 1.87 bits per heavy atom. The molecule has 10 heteroatoms. The van der Waals surface area contributed by atoms with Gasteiger partial charge in [0, 0.05) is 12.1 Å². The Kier molecular flexibility index (Phi) is 4.86. The SMILES string of the molecule is NCCCNc1nc2ccc(C(F)(F)F)cc2n2c(-c3ccc(O)c(O)c3)cnc12. The summed E-state index contributed by atoms with van der Waals surface area (Å²) in [5, 5.41) is 22.6. The van der Waals surface area contributed by atoms with E-state index in [0.717, 1.165) is 12.1 Å². The predicted molar refractivity (Wildman–Crippen MR) is 106 cm³/mol. The van der Waals surface area contributed by atoms with Crippen molar-refractivity contribution >= 4 is 22.5 Å². The zero-order valence-electron chi connectivity index (χ0n) is 15.6. The normalized spacial score (nSPS) is 12.0. The van der Waals surface area contributed by atoms with Gasteiger partial charge in [0.05, 0.1) is 28.5 Å². The van der Waals surface area contributed by atoms with Crippen LogP contribution >= 0.6 is 0 Å². The van der Waals surface area contributed by atoms with E-state index in [1.165, 1.54) is 24.4 Å². The van der Waals surface area contributed by atoms with Crippen LogP contribution in [-0.4, -0.2) is 37.7 Å². The maximum absolute atomic E-state index is 13.3. The van der Waals surface area contributed by atoms with E-state index >= 15 is 0 Å². The predicted octanol–water partition coefficient (Wildman–Crippen LogP) is 3.74. The average Bonchev–Trinajstić information content (AvgIpc) is 3.15. The van der Waals surface area contributed by atoms with Gasteiger partial charge in [-0.2, -0.15) is 13.2 Å². The van der Waals surface area contributed by atoms with Gasteiger partial charge < -0.3 is 21.3 Å². The molecular formula is C20H18F3N5O2. The summed E-state index contributed by atoms with van der Waals surface area (Å²) in [6.07, 6.45) is -2.36. The number of nitrogens with two attached hydrogens (primary N) is 1. The number of benzene rings is 2. The van der Waals surface area contributed by atoms with Crippen LogP contribution in [0.1, 0.15) is 12.0 Å². The molecule has 0 aliphatic rings. The highest BCUT2D eigenvalue weighted by Crippen LogP contribution is 2.35. The molecule has 2 heterocycles. The van der Waals surface area contributed by atoms with E-state index in [-0.39, 0.29) is 17.0 Å². The summed E-state index contributed by atoms with van der Waals surface area (Å²) in [6.45, 7) is 0.992. The molecule has 0 aliphatic carbocycles. The minimum atomic E-state index is -4.52. The molecule has 0 unspecified atom stereocenters. The van der Waals surface area contributed by atoms with Gasteiger partial charge in [-0.05, 0) is 49.4 Å². The van der Waals surface area contributed by atoms with E-state index in [0.29, 0.717) is 47.7 Å². The highest BCUT2D eigenvalue weighted by Gasteiger charge is 2.31. The fourth-order valence-corrected chi connectivity index (χ4v) is 3.22. The number of alkyl halides is 3. The molecule has 5 N–H and O–H groups in total. The van der Waals surface area contributed by atoms with Crippen LogP contribution < -0.4 is 11.1 Å². The third-order valence-corrected chi connectivity index (χ3v) is 4.69. The van der Waals surface area contributed by atoms with Crippen molar-refractivity contribution in [2.45, 2.75) is 12.6 Å². The molecule has 0 saturated heterocycles. The van der Waals surface area contributed by atoms with Crippen molar-refractivity contribution in [3.05, 3.63) is 48.2 Å². The lowest BCUT2D eigenvalue weighted by molar-refractivity contribution is -0.137. The number of nitrogens with one attached hydrogen (secondary N) is 1. The van der Waals surface area contributed by atoms with Gasteiger partial charge >= 0.3 is 6.18 Å². The minimum absolute atomic E-state index is 0.212. The molecule has 30 heavy (non-hydrogen) atoms. The average molecular weight is 417 g/mol. The second-order valence-corrected chi connectivity index (χ2v) is 6.74. The number of phenols is 2. The Hall–Kier alpha value is -3.53. The molecule has 0 aliphatic heterocycles. The fourth-order valence-electron chi connectivity index (χ4n) is 3.22. The number of nitrogens with zero attached hydrogens (tertiary/aromatic N) is 3. The smallest absolute Gasteiger partial charge is 0.416 e. The molecular weight excluding hydrogens is 399 g/mol. The van der Waals surface area contributed by atoms with Crippen LogP contribution in [0.2, 0.25) is 0 Å². The standard InChI is InChI=1S/C20H18F3N5O2/c21-20(22,23)12-3-4-13-14(9-12)28-15(11-2-5-16(29)17(30)8-11)10-26-19(28)18(27-13)25-7-1-6-24/h2-5,8-10,29-30H,1,6-7,24H2,(H,25,27). The van der Waals surface area contributed by atoms with Crippen LogP contribution in [0.15, 0.2) is 42.6 Å². The number of fused-ring (bicyclic) bond motifs is 3. The molecule has 0 spiro atoms. The van der Waals surface area contributed by atoms with E-state index in [1.54, 1.807) is 10.5 Å². The maximum atomic E-state index is 13.3. The number of anilines is 1. The largest absolute Gasteiger partial charge is 0.504 e. The quantitative estimate of drug-likeness (QED) is 0.291. The lowest BCUT2D eigenvalue weighted by atomic mass is 10.1. The monoisotopic (exact) mass is 417 g/mol. The van der Waals surface area contributed by atoms with E-state index in [1.807, 2.05) is 0 Å². The number of imidazole rings is 1. The number of aromatic hydroxyl groups is 2. The minimum Gasteiger partial charge on any atom is -0.504 e. The highest BCUT2D eigenvalue weighted by molar-refractivity contribution is 5.87. The van der Waals surface area contributed by atoms with Gasteiger partial charge in [0.1, 0.15) is 0 Å². The summed E-state index contributed by atoms with van der Waals surface area (Å²) in [6, 6.07) is 7.47. The maximum Gasteiger partial charge on any atom is 0.416 e. The molecule has 4 rings (SSSR count). The van der Waals surface area contributed by atoms with E-state index in [2.05, 4.69) is 15.3 Å². The topological polar surface area (TPSA) is 109 Å². The first kappa shape index (κ1) is 19.8. The zero-order valence-corrected chi connectivity index (χ0v) is 15.6. The molecule has 0 fully saturated rings. The van der Waals surface area contributed by atoms with E-state index < -0.39 is 11.7 Å². The summed E-state index contributed by atoms with van der Waals surface area (Å²) in [7, 11) is 0. The van der Waals surface area contributed by atoms with Crippen molar-refractivity contribution < 1.29 is 23.4 Å². The van der Waals surface area contributed by atoms with Gasteiger partial charge in [0.25, 0.3) is 0 Å². The lowest BCUT2D eigenvalue weighted by Crippen LogP contribution is -2.11. The number of hydrogen-bond donors (Lipinski definition) is 4. The highest BCUT2D eigenvalue weighted by atomic mass is 19.4. The molecule has 7 nitrogen and oxygen atoms in total. The zero-order chi connectivity index (χ0) is 21.5. The van der Waals surface area contributed by atoms with E-state index in [4.69, 9.17) is 5.73 Å². The van der Waals surface area contributed by atoms with Gasteiger partial charge in [-0.1, -0.05) is 0 Å². The molecule has 0 radical (unpaired) electrons. The summed E-state index contributed by atoms with van der Waals surface area (Å²) >= 11 is 0. The van der Waals surface area contributed by atoms with Crippen molar-refractivity contribution in [1.82, 2.24) is 14.4 Å². The molecule has 0 atom stereocenters. The third-order valence-electron chi connectivity index (χ3n) is 4.69. The number of rotatable bonds is 5. The van der Waals surface area contributed by atoms with Crippen LogP contribution in [0.5, 0.6) is 11.5 Å². The summed E-state index contributed by atoms with van der Waals surface area (Å²) in [4.78, 5) is 8.79. The Morgan fingerprint density at radius 3 is 2.57 bits per heavy atom. The van der Waals surface area contributed by atoms with E-state index in [9.17, 15) is 23.4 Å². The van der Waals surface area contributed by atoms with Crippen molar-refractivity contribution in [3.63, 3.8) is 0 Å². The first-order valence-electron chi connectivity index (χ1n) is 9.14. The van der Waals surface area contributed by atoms with Gasteiger partial charge in [-0.3, -0.25) is 4.40 Å². The van der Waals surface area contributed by atoms with Crippen LogP contribution in [0.4, 0.5) is 19.0 Å².